The molecule has 0 atom stereocenters. The van der Waals surface area contributed by atoms with Crippen LogP contribution in [0, 0.1) is 0 Å². The summed E-state index contributed by atoms with van der Waals surface area (Å²) in [6, 6.07) is 17.0. The minimum absolute atomic E-state index is 0.104. The number of amides is 1. The lowest BCUT2D eigenvalue weighted by molar-refractivity contribution is -0.113. The SMILES string of the molecule is COc1ccc(CN2C(=O)/C(=C/c3cc(OC)c(OC)c(OC)c3)c3cc(OC)ccc32)cc1. The maximum Gasteiger partial charge on any atom is 0.259 e. The zero-order valence-corrected chi connectivity index (χ0v) is 19.9. The number of rotatable bonds is 8. The second kappa shape index (κ2) is 9.79. The number of benzene rings is 3. The zero-order chi connectivity index (χ0) is 24.2. The largest absolute Gasteiger partial charge is 0.497 e. The fourth-order valence-corrected chi connectivity index (χ4v) is 4.02. The lowest BCUT2D eigenvalue weighted by Gasteiger charge is -2.17. The Hall–Kier alpha value is -4.13. The summed E-state index contributed by atoms with van der Waals surface area (Å²) in [5.74, 6) is 2.86. The standard InChI is InChI=1S/C27H27NO6/c1-30-19-8-6-17(7-9-19)16-28-23-11-10-20(31-2)15-21(23)22(27(28)29)12-18-13-24(32-3)26(34-5)25(14-18)33-4/h6-15H,16H2,1-5H3/b22-12+. The van der Waals surface area contributed by atoms with Crippen LogP contribution in [0.1, 0.15) is 16.7 Å². The second-order valence-electron chi connectivity index (χ2n) is 7.64. The van der Waals surface area contributed by atoms with Crippen LogP contribution in [-0.2, 0) is 11.3 Å². The van der Waals surface area contributed by atoms with E-state index in [-0.39, 0.29) is 5.91 Å². The summed E-state index contributed by atoms with van der Waals surface area (Å²) in [5.41, 5.74) is 3.91. The Morgan fingerprint density at radius 3 is 1.91 bits per heavy atom. The Morgan fingerprint density at radius 2 is 1.35 bits per heavy atom. The zero-order valence-electron chi connectivity index (χ0n) is 19.9. The minimum Gasteiger partial charge on any atom is -0.497 e. The summed E-state index contributed by atoms with van der Waals surface area (Å²) in [6.07, 6.45) is 1.83. The number of methoxy groups -OCH3 is 5. The summed E-state index contributed by atoms with van der Waals surface area (Å²) < 4.78 is 27.0. The van der Waals surface area contributed by atoms with Gasteiger partial charge in [0.25, 0.3) is 5.91 Å². The minimum atomic E-state index is -0.104. The molecule has 1 aliphatic heterocycles. The number of ether oxygens (including phenoxy) is 5. The highest BCUT2D eigenvalue weighted by atomic mass is 16.5. The molecular formula is C27H27NO6. The van der Waals surface area contributed by atoms with E-state index in [1.807, 2.05) is 60.7 Å². The molecule has 3 aromatic rings. The third-order valence-corrected chi connectivity index (χ3v) is 5.76. The van der Waals surface area contributed by atoms with Crippen LogP contribution >= 0.6 is 0 Å². The van der Waals surface area contributed by atoms with Crippen molar-refractivity contribution in [1.29, 1.82) is 0 Å². The molecule has 176 valence electrons. The molecule has 0 saturated carbocycles. The van der Waals surface area contributed by atoms with E-state index >= 15 is 0 Å². The highest BCUT2D eigenvalue weighted by Gasteiger charge is 2.33. The topological polar surface area (TPSA) is 66.5 Å². The van der Waals surface area contributed by atoms with Gasteiger partial charge in [-0.2, -0.15) is 0 Å². The van der Waals surface area contributed by atoms with Crippen LogP contribution in [-0.4, -0.2) is 41.5 Å². The predicted molar refractivity (Wildman–Crippen MR) is 131 cm³/mol. The first-order valence-electron chi connectivity index (χ1n) is 10.7. The molecule has 0 spiro atoms. The van der Waals surface area contributed by atoms with Crippen molar-refractivity contribution in [1.82, 2.24) is 0 Å². The Kier molecular flexibility index (Phi) is 6.63. The van der Waals surface area contributed by atoms with Crippen LogP contribution in [0.25, 0.3) is 11.6 Å². The molecule has 0 N–H and O–H groups in total. The third kappa shape index (κ3) is 4.24. The number of hydrogen-bond donors (Lipinski definition) is 0. The molecular weight excluding hydrogens is 434 g/mol. The maximum atomic E-state index is 13.6. The molecule has 0 aliphatic carbocycles. The lowest BCUT2D eigenvalue weighted by atomic mass is 10.0. The molecule has 1 amide bonds. The van der Waals surface area contributed by atoms with Crippen LogP contribution in [0.2, 0.25) is 0 Å². The number of nitrogens with zero attached hydrogens (tertiary/aromatic N) is 1. The molecule has 7 heteroatoms. The number of anilines is 1. The average Bonchev–Trinajstić information content (AvgIpc) is 3.13. The first-order valence-corrected chi connectivity index (χ1v) is 10.7. The van der Waals surface area contributed by atoms with E-state index in [2.05, 4.69) is 0 Å². The van der Waals surface area contributed by atoms with Gasteiger partial charge in [-0.05, 0) is 59.7 Å². The third-order valence-electron chi connectivity index (χ3n) is 5.76. The highest BCUT2D eigenvalue weighted by molar-refractivity contribution is 6.35. The molecule has 0 bridgehead atoms. The Bertz CT molecular complexity index is 1210. The van der Waals surface area contributed by atoms with Gasteiger partial charge in [0.05, 0.1) is 47.8 Å². The van der Waals surface area contributed by atoms with Gasteiger partial charge in [-0.3, -0.25) is 4.79 Å². The number of hydrogen-bond acceptors (Lipinski definition) is 6. The Balaban J connectivity index is 1.79. The maximum absolute atomic E-state index is 13.6. The lowest BCUT2D eigenvalue weighted by Crippen LogP contribution is -2.25. The normalized spacial score (nSPS) is 13.6. The molecule has 7 nitrogen and oxygen atoms in total. The van der Waals surface area contributed by atoms with Crippen molar-refractivity contribution < 1.29 is 28.5 Å². The molecule has 34 heavy (non-hydrogen) atoms. The quantitative estimate of drug-likeness (QED) is 0.448. The van der Waals surface area contributed by atoms with Crippen LogP contribution in [0.5, 0.6) is 28.7 Å². The summed E-state index contributed by atoms with van der Waals surface area (Å²) >= 11 is 0. The smallest absolute Gasteiger partial charge is 0.259 e. The van der Waals surface area contributed by atoms with Crippen LogP contribution in [0.3, 0.4) is 0 Å². The fourth-order valence-electron chi connectivity index (χ4n) is 4.02. The predicted octanol–water partition coefficient (Wildman–Crippen LogP) is 4.82. The van der Waals surface area contributed by atoms with E-state index in [0.29, 0.717) is 35.1 Å². The average molecular weight is 462 g/mol. The molecule has 0 aromatic heterocycles. The van der Waals surface area contributed by atoms with Crippen molar-refractivity contribution in [3.63, 3.8) is 0 Å². The van der Waals surface area contributed by atoms with E-state index in [0.717, 1.165) is 28.1 Å². The van der Waals surface area contributed by atoms with Gasteiger partial charge in [-0.1, -0.05) is 12.1 Å². The van der Waals surface area contributed by atoms with Gasteiger partial charge >= 0.3 is 0 Å². The molecule has 0 radical (unpaired) electrons. The molecule has 0 saturated heterocycles. The summed E-state index contributed by atoms with van der Waals surface area (Å²) in [7, 11) is 7.91. The number of carbonyl (C=O) groups excluding carboxylic acids is 1. The first kappa shape index (κ1) is 23.0. The molecule has 1 aliphatic rings. The van der Waals surface area contributed by atoms with Gasteiger partial charge < -0.3 is 28.6 Å². The van der Waals surface area contributed by atoms with E-state index in [9.17, 15) is 4.79 Å². The van der Waals surface area contributed by atoms with E-state index in [1.54, 1.807) is 40.4 Å². The Morgan fingerprint density at radius 1 is 0.735 bits per heavy atom. The van der Waals surface area contributed by atoms with Gasteiger partial charge in [-0.15, -0.1) is 0 Å². The summed E-state index contributed by atoms with van der Waals surface area (Å²) in [5, 5.41) is 0. The van der Waals surface area contributed by atoms with Crippen molar-refractivity contribution >= 4 is 23.2 Å². The summed E-state index contributed by atoms with van der Waals surface area (Å²) in [6.45, 7) is 0.425. The van der Waals surface area contributed by atoms with E-state index < -0.39 is 0 Å². The molecule has 0 fully saturated rings. The molecule has 0 unspecified atom stereocenters. The van der Waals surface area contributed by atoms with E-state index in [4.69, 9.17) is 23.7 Å². The van der Waals surface area contributed by atoms with Gasteiger partial charge in [-0.25, -0.2) is 0 Å². The number of fused-ring (bicyclic) bond motifs is 1. The second-order valence-corrected chi connectivity index (χ2v) is 7.64. The van der Waals surface area contributed by atoms with Gasteiger partial charge in [0.15, 0.2) is 11.5 Å². The van der Waals surface area contributed by atoms with Crippen LogP contribution < -0.4 is 28.6 Å². The van der Waals surface area contributed by atoms with Gasteiger partial charge in [0.2, 0.25) is 5.75 Å². The van der Waals surface area contributed by atoms with Gasteiger partial charge in [0.1, 0.15) is 11.5 Å². The summed E-state index contributed by atoms with van der Waals surface area (Å²) in [4.78, 5) is 15.4. The molecule has 4 rings (SSSR count). The van der Waals surface area contributed by atoms with Crippen molar-refractivity contribution in [2.24, 2.45) is 0 Å². The molecule has 3 aromatic carbocycles. The van der Waals surface area contributed by atoms with Crippen LogP contribution in [0.15, 0.2) is 54.6 Å². The Labute approximate surface area is 199 Å². The van der Waals surface area contributed by atoms with Crippen molar-refractivity contribution in [3.8, 4) is 28.7 Å². The fraction of sp³-hybridized carbons (Fsp3) is 0.222. The number of carbonyl (C=O) groups is 1. The highest BCUT2D eigenvalue weighted by Crippen LogP contribution is 2.43. The van der Waals surface area contributed by atoms with Crippen molar-refractivity contribution in [2.45, 2.75) is 6.54 Å². The molecule has 1 heterocycles. The van der Waals surface area contributed by atoms with Gasteiger partial charge in [0, 0.05) is 11.1 Å². The first-order chi connectivity index (χ1) is 16.5. The van der Waals surface area contributed by atoms with Crippen LogP contribution in [0.4, 0.5) is 5.69 Å². The van der Waals surface area contributed by atoms with Crippen molar-refractivity contribution in [3.05, 3.63) is 71.3 Å². The monoisotopic (exact) mass is 461 g/mol. The van der Waals surface area contributed by atoms with E-state index in [1.165, 1.54) is 0 Å². The van der Waals surface area contributed by atoms with Crippen molar-refractivity contribution in [2.75, 3.05) is 40.4 Å².